The van der Waals surface area contributed by atoms with Crippen molar-refractivity contribution in [2.24, 2.45) is 11.8 Å². The second-order valence-electron chi connectivity index (χ2n) is 8.62. The molecular weight excluding hydrogens is 435 g/mol. The molecule has 2 rings (SSSR count). The maximum Gasteiger partial charge on any atom is 0.386 e. The highest BCUT2D eigenvalue weighted by Gasteiger charge is 2.48. The van der Waals surface area contributed by atoms with Crippen molar-refractivity contribution in [3.05, 3.63) is 32.6 Å². The van der Waals surface area contributed by atoms with Gasteiger partial charge in [0.05, 0.1) is 17.6 Å². The molecule has 1 aliphatic heterocycles. The molecule has 3 unspecified atom stereocenters. The molecule has 0 saturated carbocycles. The topological polar surface area (TPSA) is 137 Å². The quantitative estimate of drug-likeness (QED) is 0.414. The van der Waals surface area contributed by atoms with Crippen molar-refractivity contribution >= 4 is 25.0 Å². The number of aliphatic carboxylic acids is 1. The molecule has 170 valence electrons. The number of ether oxygens (including phenoxy) is 1. The van der Waals surface area contributed by atoms with Crippen molar-refractivity contribution in [1.29, 1.82) is 0 Å². The predicted molar refractivity (Wildman–Crippen MR) is 113 cm³/mol. The number of hydrogen-bond donors (Lipinski definition) is 3. The van der Waals surface area contributed by atoms with Crippen LogP contribution in [-0.2, 0) is 23.1 Å². The molecule has 2 N–H and O–H groups in total. The van der Waals surface area contributed by atoms with Crippen molar-refractivity contribution in [2.75, 3.05) is 0 Å². The molecule has 0 bridgehead atoms. The summed E-state index contributed by atoms with van der Waals surface area (Å²) in [4.78, 5) is 37.6. The third-order valence-electron chi connectivity index (χ3n) is 4.72. The highest BCUT2D eigenvalue weighted by atomic mass is 32.7. The number of aromatic amines is 1. The van der Waals surface area contributed by atoms with Gasteiger partial charge in [-0.15, -0.1) is 0 Å². The van der Waals surface area contributed by atoms with Crippen LogP contribution in [0.25, 0.3) is 0 Å². The highest BCUT2D eigenvalue weighted by Crippen LogP contribution is 2.59. The molecule has 1 fully saturated rings. The van der Waals surface area contributed by atoms with E-state index in [9.17, 15) is 24.1 Å². The van der Waals surface area contributed by atoms with Gasteiger partial charge < -0.3 is 9.84 Å². The number of carboxylic acids is 1. The molecule has 10 nitrogen and oxygen atoms in total. The van der Waals surface area contributed by atoms with Gasteiger partial charge in [0.15, 0.2) is 0 Å². The minimum Gasteiger partial charge on any atom is -0.481 e. The molecule has 12 heteroatoms. The second kappa shape index (κ2) is 9.00. The highest BCUT2D eigenvalue weighted by molar-refractivity contribution is 8.44. The van der Waals surface area contributed by atoms with Gasteiger partial charge in [-0.25, -0.2) is 9.36 Å². The monoisotopic (exact) mass is 464 g/mol. The van der Waals surface area contributed by atoms with Crippen LogP contribution in [0.1, 0.15) is 52.8 Å². The Labute approximate surface area is 179 Å². The summed E-state index contributed by atoms with van der Waals surface area (Å²) in [6.07, 6.45) is -1.09. The fraction of sp³-hybridized carbons (Fsp3) is 0.722. The molecular formula is C18H29N2O8PS. The molecule has 2 heterocycles. The number of nitrogens with one attached hydrogen (secondary N) is 1. The molecule has 0 aliphatic carbocycles. The molecule has 1 aromatic rings. The van der Waals surface area contributed by atoms with E-state index in [4.69, 9.17) is 13.8 Å². The van der Waals surface area contributed by atoms with E-state index >= 15 is 0 Å². The lowest BCUT2D eigenvalue weighted by molar-refractivity contribution is -0.143. The summed E-state index contributed by atoms with van der Waals surface area (Å²) in [5.41, 5.74) is -1.67. The van der Waals surface area contributed by atoms with Gasteiger partial charge in [-0.2, -0.15) is 0 Å². The summed E-state index contributed by atoms with van der Waals surface area (Å²) in [5, 5.41) is 9.29. The predicted octanol–water partition coefficient (Wildman–Crippen LogP) is 2.73. The average Bonchev–Trinajstić information content (AvgIpc) is 2.84. The minimum absolute atomic E-state index is 0.0568. The number of carboxylic acid groups (broad SMARTS) is 1. The zero-order valence-electron chi connectivity index (χ0n) is 17.8. The third-order valence-corrected chi connectivity index (χ3v) is 6.54. The summed E-state index contributed by atoms with van der Waals surface area (Å²) in [7, 11) is 0. The SMILES string of the molecule is Cc1cn([C@@H]2O[C@H](CC(C)C(=O)O)C(OP(=O)(S)OC(C)(C)C)[C@@H]2C)c(=O)[nH]c1=O. The number of carbonyl (C=O) groups is 1. The summed E-state index contributed by atoms with van der Waals surface area (Å²) < 4.78 is 31.2. The Morgan fingerprint density at radius 1 is 1.43 bits per heavy atom. The van der Waals surface area contributed by atoms with E-state index in [1.54, 1.807) is 34.6 Å². The van der Waals surface area contributed by atoms with Crippen LogP contribution in [0.4, 0.5) is 0 Å². The first-order valence-corrected chi connectivity index (χ1v) is 12.2. The maximum absolute atomic E-state index is 12.8. The zero-order valence-corrected chi connectivity index (χ0v) is 19.6. The normalized spacial score (nSPS) is 27.6. The fourth-order valence-electron chi connectivity index (χ4n) is 3.30. The van der Waals surface area contributed by atoms with Gasteiger partial charge in [-0.1, -0.05) is 26.1 Å². The molecule has 0 spiro atoms. The smallest absolute Gasteiger partial charge is 0.386 e. The van der Waals surface area contributed by atoms with Crippen LogP contribution in [0.15, 0.2) is 15.8 Å². The second-order valence-corrected chi connectivity index (χ2v) is 11.4. The van der Waals surface area contributed by atoms with Gasteiger partial charge in [0.25, 0.3) is 5.56 Å². The van der Waals surface area contributed by atoms with Gasteiger partial charge in [0.2, 0.25) is 0 Å². The number of aryl methyl sites for hydroxylation is 1. The molecule has 30 heavy (non-hydrogen) atoms. The number of H-pyrrole nitrogens is 1. The molecule has 6 atom stereocenters. The fourth-order valence-corrected chi connectivity index (χ4v) is 5.73. The Kier molecular flexibility index (Phi) is 7.46. The molecule has 1 aliphatic rings. The van der Waals surface area contributed by atoms with Crippen molar-refractivity contribution in [1.82, 2.24) is 9.55 Å². The van der Waals surface area contributed by atoms with Crippen LogP contribution in [-0.4, -0.2) is 38.4 Å². The average molecular weight is 464 g/mol. The van der Waals surface area contributed by atoms with E-state index in [1.807, 2.05) is 0 Å². The van der Waals surface area contributed by atoms with Crippen LogP contribution >= 0.6 is 19.0 Å². The number of aromatic nitrogens is 2. The van der Waals surface area contributed by atoms with Crippen molar-refractivity contribution < 1.29 is 28.3 Å². The van der Waals surface area contributed by atoms with E-state index in [-0.39, 0.29) is 6.42 Å². The number of nitrogens with zero attached hydrogens (tertiary/aromatic N) is 1. The van der Waals surface area contributed by atoms with Crippen LogP contribution in [0.2, 0.25) is 0 Å². The third kappa shape index (κ3) is 6.07. The van der Waals surface area contributed by atoms with Gasteiger partial charge in [0.1, 0.15) is 12.3 Å². The van der Waals surface area contributed by atoms with Crippen LogP contribution in [0, 0.1) is 18.8 Å². The van der Waals surface area contributed by atoms with Gasteiger partial charge >= 0.3 is 18.5 Å². The summed E-state index contributed by atoms with van der Waals surface area (Å²) >= 11 is 4.06. The van der Waals surface area contributed by atoms with E-state index in [0.717, 1.165) is 0 Å². The minimum atomic E-state index is -3.83. The Morgan fingerprint density at radius 2 is 2.03 bits per heavy atom. The molecule has 0 radical (unpaired) electrons. The van der Waals surface area contributed by atoms with E-state index in [2.05, 4.69) is 17.2 Å². The zero-order chi connectivity index (χ0) is 23.0. The lowest BCUT2D eigenvalue weighted by atomic mass is 9.95. The lowest BCUT2D eigenvalue weighted by Crippen LogP contribution is -2.35. The van der Waals surface area contributed by atoms with Crippen molar-refractivity contribution in [3.63, 3.8) is 0 Å². The van der Waals surface area contributed by atoms with Gasteiger partial charge in [-0.3, -0.25) is 28.2 Å². The first-order chi connectivity index (χ1) is 13.6. The van der Waals surface area contributed by atoms with E-state index in [0.29, 0.717) is 5.56 Å². The number of rotatable bonds is 7. The van der Waals surface area contributed by atoms with Crippen LogP contribution in [0.5, 0.6) is 0 Å². The first-order valence-electron chi connectivity index (χ1n) is 9.53. The molecule has 0 amide bonds. The Bertz CT molecular complexity index is 953. The summed E-state index contributed by atoms with van der Waals surface area (Å²) in [5.74, 6) is -2.32. The van der Waals surface area contributed by atoms with Crippen LogP contribution < -0.4 is 11.2 Å². The van der Waals surface area contributed by atoms with Crippen molar-refractivity contribution in [3.8, 4) is 0 Å². The molecule has 1 aromatic heterocycles. The maximum atomic E-state index is 12.8. The van der Waals surface area contributed by atoms with E-state index < -0.39 is 59.9 Å². The Hall–Kier alpha value is -1.39. The summed E-state index contributed by atoms with van der Waals surface area (Å²) in [6, 6.07) is 0. The molecule has 0 aromatic carbocycles. The number of hydrogen-bond acceptors (Lipinski definition) is 7. The Morgan fingerprint density at radius 3 is 2.57 bits per heavy atom. The van der Waals surface area contributed by atoms with Gasteiger partial charge in [0, 0.05) is 17.7 Å². The largest absolute Gasteiger partial charge is 0.481 e. The molecule has 1 saturated heterocycles. The van der Waals surface area contributed by atoms with Gasteiger partial charge in [-0.05, 0) is 34.1 Å². The first kappa shape index (κ1) is 24.9. The van der Waals surface area contributed by atoms with Crippen molar-refractivity contribution in [2.45, 2.75) is 72.0 Å². The van der Waals surface area contributed by atoms with Crippen LogP contribution in [0.3, 0.4) is 0 Å². The Balaban J connectivity index is 2.40. The standard InChI is InChI=1S/C18H29N2O8PS/c1-9(16(22)23)7-12-13(27-29(25,30)28-18(4,5)6)11(3)15(26-12)20-8-10(2)14(21)19-17(20)24/h8-9,11-13,15H,7H2,1-6H3,(H,22,23)(H,25,30)(H,19,21,24)/t9?,11-,12+,13?,15+,29?/m0/s1. The lowest BCUT2D eigenvalue weighted by Gasteiger charge is -2.29. The van der Waals surface area contributed by atoms with E-state index in [1.165, 1.54) is 17.7 Å². The summed E-state index contributed by atoms with van der Waals surface area (Å²) in [6.45, 7) is 6.05. The number of thiol groups is 1.